The molecule has 0 spiro atoms. The minimum atomic E-state index is -0.210. The fourth-order valence-electron chi connectivity index (χ4n) is 2.32. The lowest BCUT2D eigenvalue weighted by Crippen LogP contribution is -2.41. The molecule has 6 heteroatoms. The van der Waals surface area contributed by atoms with Crippen molar-refractivity contribution in [2.75, 3.05) is 18.6 Å². The molecule has 1 atom stereocenters. The predicted molar refractivity (Wildman–Crippen MR) is 68.4 cm³/mol. The predicted octanol–water partition coefficient (Wildman–Crippen LogP) is 1.27. The van der Waals surface area contributed by atoms with Crippen LogP contribution in [-0.4, -0.2) is 35.6 Å². The maximum absolute atomic E-state index is 11.4. The number of aromatic nitrogens is 2. The van der Waals surface area contributed by atoms with Gasteiger partial charge in [-0.1, -0.05) is 0 Å². The number of hydrogen-bond donors (Lipinski definition) is 0. The van der Waals surface area contributed by atoms with Gasteiger partial charge in [-0.05, 0) is 19.3 Å². The van der Waals surface area contributed by atoms with Crippen LogP contribution in [0, 0.1) is 11.3 Å². The molecule has 0 bridgehead atoms. The number of hydrogen-bond acceptors (Lipinski definition) is 6. The zero-order chi connectivity index (χ0) is 13.7. The molecule has 0 aliphatic carbocycles. The van der Waals surface area contributed by atoms with Crippen LogP contribution in [0.1, 0.15) is 31.4 Å². The molecule has 6 nitrogen and oxygen atoms in total. The van der Waals surface area contributed by atoms with E-state index in [0.29, 0.717) is 17.9 Å². The Morgan fingerprint density at radius 2 is 2.37 bits per heavy atom. The van der Waals surface area contributed by atoms with Crippen molar-refractivity contribution in [3.63, 3.8) is 0 Å². The van der Waals surface area contributed by atoms with Crippen molar-refractivity contribution in [2.24, 2.45) is 0 Å². The van der Waals surface area contributed by atoms with Gasteiger partial charge in [0.1, 0.15) is 11.9 Å². The van der Waals surface area contributed by atoms with E-state index in [1.807, 2.05) is 6.07 Å². The summed E-state index contributed by atoms with van der Waals surface area (Å²) in [5, 5.41) is 8.71. The second-order valence-electron chi connectivity index (χ2n) is 4.49. The quantitative estimate of drug-likeness (QED) is 0.761. The fraction of sp³-hybridized carbons (Fsp3) is 0.538. The third-order valence-corrected chi connectivity index (χ3v) is 3.30. The van der Waals surface area contributed by atoms with Gasteiger partial charge in [-0.25, -0.2) is 9.97 Å². The Morgan fingerprint density at radius 1 is 1.53 bits per heavy atom. The first-order chi connectivity index (χ1) is 9.24. The number of esters is 1. The summed E-state index contributed by atoms with van der Waals surface area (Å²) in [6.45, 7) is 0.849. The summed E-state index contributed by atoms with van der Waals surface area (Å²) in [5.74, 6) is 0.506. The molecule has 0 N–H and O–H groups in total. The van der Waals surface area contributed by atoms with E-state index in [1.54, 1.807) is 6.20 Å². The van der Waals surface area contributed by atoms with Gasteiger partial charge in [0.15, 0.2) is 5.69 Å². The molecule has 1 aliphatic heterocycles. The monoisotopic (exact) mass is 260 g/mol. The van der Waals surface area contributed by atoms with Crippen LogP contribution in [0.25, 0.3) is 0 Å². The van der Waals surface area contributed by atoms with Crippen molar-refractivity contribution < 1.29 is 9.53 Å². The van der Waals surface area contributed by atoms with Crippen LogP contribution in [0.4, 0.5) is 5.82 Å². The van der Waals surface area contributed by atoms with Gasteiger partial charge in [-0.2, -0.15) is 5.26 Å². The van der Waals surface area contributed by atoms with Gasteiger partial charge in [0, 0.05) is 12.6 Å². The number of anilines is 1. The zero-order valence-electron chi connectivity index (χ0n) is 10.9. The molecule has 0 amide bonds. The molecule has 100 valence electrons. The smallest absolute Gasteiger partial charge is 0.307 e. The molecular weight excluding hydrogens is 244 g/mol. The Balaban J connectivity index is 2.14. The standard InChI is InChI=1S/C13H16N4O2/c1-19-13(18)6-11-4-2-3-5-17(11)12-9-15-10(7-14)8-16-12/h8-9,11H,2-6H2,1H3. The number of ether oxygens (including phenoxy) is 1. The van der Waals surface area contributed by atoms with Gasteiger partial charge in [-0.3, -0.25) is 4.79 Å². The van der Waals surface area contributed by atoms with Crippen LogP contribution in [0.3, 0.4) is 0 Å². The summed E-state index contributed by atoms with van der Waals surface area (Å²) >= 11 is 0. The van der Waals surface area contributed by atoms with E-state index < -0.39 is 0 Å². The lowest BCUT2D eigenvalue weighted by Gasteiger charge is -2.35. The van der Waals surface area contributed by atoms with Crippen LogP contribution in [0.15, 0.2) is 12.4 Å². The minimum Gasteiger partial charge on any atom is -0.469 e. The number of carbonyl (C=O) groups excluding carboxylic acids is 1. The van der Waals surface area contributed by atoms with Crippen molar-refractivity contribution in [3.8, 4) is 6.07 Å². The van der Waals surface area contributed by atoms with E-state index in [2.05, 4.69) is 14.9 Å². The maximum Gasteiger partial charge on any atom is 0.307 e. The third kappa shape index (κ3) is 3.19. The normalized spacial score (nSPS) is 18.7. The molecule has 2 heterocycles. The molecule has 0 aromatic carbocycles. The van der Waals surface area contributed by atoms with Crippen LogP contribution in [0.2, 0.25) is 0 Å². The van der Waals surface area contributed by atoms with E-state index in [1.165, 1.54) is 13.3 Å². The largest absolute Gasteiger partial charge is 0.469 e. The molecule has 1 aromatic heterocycles. The van der Waals surface area contributed by atoms with Crippen LogP contribution in [-0.2, 0) is 9.53 Å². The molecule has 0 saturated carbocycles. The molecule has 0 radical (unpaired) electrons. The van der Waals surface area contributed by atoms with Gasteiger partial charge in [-0.15, -0.1) is 0 Å². The molecular formula is C13H16N4O2. The van der Waals surface area contributed by atoms with Gasteiger partial charge in [0.25, 0.3) is 0 Å². The molecule has 1 saturated heterocycles. The average molecular weight is 260 g/mol. The summed E-state index contributed by atoms with van der Waals surface area (Å²) in [4.78, 5) is 21.8. The van der Waals surface area contributed by atoms with Crippen molar-refractivity contribution in [3.05, 3.63) is 18.1 Å². The Hall–Kier alpha value is -2.16. The Bertz CT molecular complexity index is 480. The Morgan fingerprint density at radius 3 is 3.00 bits per heavy atom. The lowest BCUT2D eigenvalue weighted by atomic mass is 9.99. The molecule has 19 heavy (non-hydrogen) atoms. The topological polar surface area (TPSA) is 79.1 Å². The Labute approximate surface area is 112 Å². The highest BCUT2D eigenvalue weighted by Gasteiger charge is 2.26. The van der Waals surface area contributed by atoms with Crippen molar-refractivity contribution in [1.82, 2.24) is 9.97 Å². The maximum atomic E-state index is 11.4. The highest BCUT2D eigenvalue weighted by molar-refractivity contribution is 5.70. The number of carbonyl (C=O) groups is 1. The first-order valence-electron chi connectivity index (χ1n) is 6.30. The molecule has 1 aromatic rings. The molecule has 1 fully saturated rings. The summed E-state index contributed by atoms with van der Waals surface area (Å²) in [5.41, 5.74) is 0.297. The van der Waals surface area contributed by atoms with Gasteiger partial charge >= 0.3 is 5.97 Å². The number of piperidine rings is 1. The zero-order valence-corrected chi connectivity index (χ0v) is 10.9. The SMILES string of the molecule is COC(=O)CC1CCCCN1c1cnc(C#N)cn1. The second kappa shape index (κ2) is 6.14. The van der Waals surface area contributed by atoms with E-state index in [4.69, 9.17) is 10.00 Å². The van der Waals surface area contributed by atoms with Crippen molar-refractivity contribution >= 4 is 11.8 Å². The van der Waals surface area contributed by atoms with Gasteiger partial charge in [0.05, 0.1) is 25.9 Å². The van der Waals surface area contributed by atoms with Gasteiger partial charge < -0.3 is 9.64 Å². The average Bonchev–Trinajstić information content (AvgIpc) is 2.48. The molecule has 1 unspecified atom stereocenters. The summed E-state index contributed by atoms with van der Waals surface area (Å²) < 4.78 is 4.73. The summed E-state index contributed by atoms with van der Waals surface area (Å²) in [7, 11) is 1.40. The molecule has 1 aliphatic rings. The van der Waals surface area contributed by atoms with Gasteiger partial charge in [0.2, 0.25) is 0 Å². The number of nitriles is 1. The van der Waals surface area contributed by atoms with E-state index in [0.717, 1.165) is 25.8 Å². The highest BCUT2D eigenvalue weighted by atomic mass is 16.5. The number of methoxy groups -OCH3 is 1. The summed E-state index contributed by atoms with van der Waals surface area (Å²) in [6.07, 6.45) is 6.52. The number of nitrogens with zero attached hydrogens (tertiary/aromatic N) is 4. The molecule has 2 rings (SSSR count). The lowest BCUT2D eigenvalue weighted by molar-refractivity contribution is -0.141. The van der Waals surface area contributed by atoms with Crippen LogP contribution < -0.4 is 4.90 Å². The summed E-state index contributed by atoms with van der Waals surface area (Å²) in [6, 6.07) is 2.04. The van der Waals surface area contributed by atoms with Crippen molar-refractivity contribution in [2.45, 2.75) is 31.7 Å². The number of rotatable bonds is 3. The van der Waals surface area contributed by atoms with Crippen molar-refractivity contribution in [1.29, 1.82) is 5.26 Å². The van der Waals surface area contributed by atoms with E-state index in [9.17, 15) is 4.79 Å². The van der Waals surface area contributed by atoms with Crippen LogP contribution in [0.5, 0.6) is 0 Å². The first kappa shape index (κ1) is 13.3. The Kier molecular flexibility index (Phi) is 4.29. The minimum absolute atomic E-state index is 0.100. The highest BCUT2D eigenvalue weighted by Crippen LogP contribution is 2.24. The fourth-order valence-corrected chi connectivity index (χ4v) is 2.32. The third-order valence-electron chi connectivity index (χ3n) is 3.30. The first-order valence-corrected chi connectivity index (χ1v) is 6.30. The van der Waals surface area contributed by atoms with E-state index in [-0.39, 0.29) is 12.0 Å². The van der Waals surface area contributed by atoms with Crippen LogP contribution >= 0.6 is 0 Å². The van der Waals surface area contributed by atoms with E-state index >= 15 is 0 Å². The second-order valence-corrected chi connectivity index (χ2v) is 4.49.